The van der Waals surface area contributed by atoms with Gasteiger partial charge in [-0.05, 0) is 25.5 Å². The molecule has 0 aliphatic rings. The van der Waals surface area contributed by atoms with E-state index in [1.807, 2.05) is 11.7 Å². The summed E-state index contributed by atoms with van der Waals surface area (Å²) in [6.07, 6.45) is 2.08. The molecule has 0 bridgehead atoms. The van der Waals surface area contributed by atoms with Crippen LogP contribution in [0.5, 0.6) is 0 Å². The number of hydrogen-bond donors (Lipinski definition) is 2. The van der Waals surface area contributed by atoms with Crippen molar-refractivity contribution in [2.75, 3.05) is 0 Å². The largest absolute Gasteiger partial charge is 0.361 e. The van der Waals surface area contributed by atoms with Crippen LogP contribution in [0.1, 0.15) is 22.5 Å². The molecule has 3 aromatic rings. The molecule has 2 aromatic heterocycles. The fourth-order valence-electron chi connectivity index (χ4n) is 2.67. The third kappa shape index (κ3) is 2.23. The topological polar surface area (TPSA) is 45.6 Å². The van der Waals surface area contributed by atoms with Gasteiger partial charge in [-0.1, -0.05) is 18.2 Å². The Morgan fingerprint density at radius 3 is 2.75 bits per heavy atom. The number of nitrogens with one attached hydrogen (secondary N) is 2. The standard InChI is InChI=1S/C16H20N4/c1-11-15(12(2)20(3)19-11)10-17-8-13-9-18-16-7-5-4-6-14(13)16/h4-7,9,17-18H,8,10H2,1-3H3. The summed E-state index contributed by atoms with van der Waals surface area (Å²) in [7, 11) is 1.99. The lowest BCUT2D eigenvalue weighted by Crippen LogP contribution is -2.13. The number of hydrogen-bond acceptors (Lipinski definition) is 2. The predicted molar refractivity (Wildman–Crippen MR) is 81.5 cm³/mol. The highest BCUT2D eigenvalue weighted by Crippen LogP contribution is 2.18. The number of nitrogens with zero attached hydrogens (tertiary/aromatic N) is 2. The number of benzene rings is 1. The van der Waals surface area contributed by atoms with E-state index in [0.29, 0.717) is 0 Å². The molecule has 0 aliphatic heterocycles. The Labute approximate surface area is 118 Å². The van der Waals surface area contributed by atoms with E-state index >= 15 is 0 Å². The van der Waals surface area contributed by atoms with Gasteiger partial charge in [-0.25, -0.2) is 0 Å². The van der Waals surface area contributed by atoms with Gasteiger partial charge in [0.25, 0.3) is 0 Å². The Balaban J connectivity index is 1.71. The molecule has 0 radical (unpaired) electrons. The molecular formula is C16H20N4. The first-order valence-electron chi connectivity index (χ1n) is 6.91. The molecule has 20 heavy (non-hydrogen) atoms. The minimum Gasteiger partial charge on any atom is -0.361 e. The summed E-state index contributed by atoms with van der Waals surface area (Å²) in [6, 6.07) is 8.39. The van der Waals surface area contributed by atoms with Crippen LogP contribution in [0.3, 0.4) is 0 Å². The number of aromatic nitrogens is 3. The van der Waals surface area contributed by atoms with E-state index in [2.05, 4.69) is 59.7 Å². The maximum atomic E-state index is 4.45. The molecule has 0 amide bonds. The van der Waals surface area contributed by atoms with Crippen LogP contribution in [0.25, 0.3) is 10.9 Å². The van der Waals surface area contributed by atoms with Crippen LogP contribution in [-0.4, -0.2) is 14.8 Å². The summed E-state index contributed by atoms with van der Waals surface area (Å²) in [4.78, 5) is 3.31. The number of rotatable bonds is 4. The summed E-state index contributed by atoms with van der Waals surface area (Å²) in [6.45, 7) is 5.89. The summed E-state index contributed by atoms with van der Waals surface area (Å²) < 4.78 is 1.94. The molecule has 4 nitrogen and oxygen atoms in total. The van der Waals surface area contributed by atoms with E-state index < -0.39 is 0 Å². The molecule has 2 N–H and O–H groups in total. The average Bonchev–Trinajstić information content (AvgIpc) is 2.95. The molecule has 0 saturated carbocycles. The second kappa shape index (κ2) is 5.13. The minimum absolute atomic E-state index is 0.852. The smallest absolute Gasteiger partial charge is 0.0641 e. The first-order chi connectivity index (χ1) is 9.66. The van der Waals surface area contributed by atoms with E-state index in [9.17, 15) is 0 Å². The van der Waals surface area contributed by atoms with Crippen LogP contribution < -0.4 is 5.32 Å². The van der Waals surface area contributed by atoms with E-state index in [4.69, 9.17) is 0 Å². The van der Waals surface area contributed by atoms with Crippen molar-refractivity contribution in [3.63, 3.8) is 0 Å². The molecule has 0 aliphatic carbocycles. The first-order valence-corrected chi connectivity index (χ1v) is 6.91. The summed E-state index contributed by atoms with van der Waals surface area (Å²) in [5, 5.41) is 9.26. The summed E-state index contributed by atoms with van der Waals surface area (Å²) >= 11 is 0. The van der Waals surface area contributed by atoms with Crippen molar-refractivity contribution in [3.8, 4) is 0 Å². The molecule has 3 rings (SSSR count). The van der Waals surface area contributed by atoms with Crippen LogP contribution in [0.15, 0.2) is 30.5 Å². The maximum absolute atomic E-state index is 4.45. The SMILES string of the molecule is Cc1nn(C)c(C)c1CNCc1c[nH]c2ccccc12. The van der Waals surface area contributed by atoms with Gasteiger partial charge < -0.3 is 10.3 Å². The number of aromatic amines is 1. The monoisotopic (exact) mass is 268 g/mol. The summed E-state index contributed by atoms with van der Waals surface area (Å²) in [5.41, 5.74) is 6.13. The number of aryl methyl sites for hydroxylation is 2. The van der Waals surface area contributed by atoms with Gasteiger partial charge in [-0.15, -0.1) is 0 Å². The van der Waals surface area contributed by atoms with E-state index in [0.717, 1.165) is 18.8 Å². The number of fused-ring (bicyclic) bond motifs is 1. The second-order valence-corrected chi connectivity index (χ2v) is 5.24. The summed E-state index contributed by atoms with van der Waals surface area (Å²) in [5.74, 6) is 0. The van der Waals surface area contributed by atoms with Crippen LogP contribution in [0.4, 0.5) is 0 Å². The molecule has 2 heterocycles. The van der Waals surface area contributed by atoms with Crippen molar-refractivity contribution >= 4 is 10.9 Å². The zero-order valence-electron chi connectivity index (χ0n) is 12.2. The Hall–Kier alpha value is -2.07. The zero-order chi connectivity index (χ0) is 14.1. The molecule has 4 heteroatoms. The van der Waals surface area contributed by atoms with Crippen LogP contribution in [0, 0.1) is 13.8 Å². The lowest BCUT2D eigenvalue weighted by Gasteiger charge is -2.05. The van der Waals surface area contributed by atoms with Crippen molar-refractivity contribution < 1.29 is 0 Å². The lowest BCUT2D eigenvalue weighted by molar-refractivity contribution is 0.686. The predicted octanol–water partition coefficient (Wildman–Crippen LogP) is 2.81. The van der Waals surface area contributed by atoms with Gasteiger partial charge in [0.1, 0.15) is 0 Å². The van der Waals surface area contributed by atoms with Gasteiger partial charge in [0.15, 0.2) is 0 Å². The number of H-pyrrole nitrogens is 1. The minimum atomic E-state index is 0.852. The average molecular weight is 268 g/mol. The van der Waals surface area contributed by atoms with Gasteiger partial charge in [-0.3, -0.25) is 4.68 Å². The van der Waals surface area contributed by atoms with Crippen molar-refractivity contribution in [1.29, 1.82) is 0 Å². The van der Waals surface area contributed by atoms with Crippen molar-refractivity contribution in [2.45, 2.75) is 26.9 Å². The highest BCUT2D eigenvalue weighted by Gasteiger charge is 2.09. The lowest BCUT2D eigenvalue weighted by atomic mass is 10.1. The maximum Gasteiger partial charge on any atom is 0.0641 e. The van der Waals surface area contributed by atoms with E-state index in [1.165, 1.54) is 27.7 Å². The number of para-hydroxylation sites is 1. The zero-order valence-corrected chi connectivity index (χ0v) is 12.2. The molecule has 0 unspecified atom stereocenters. The molecule has 104 valence electrons. The second-order valence-electron chi connectivity index (χ2n) is 5.24. The third-order valence-electron chi connectivity index (χ3n) is 3.95. The van der Waals surface area contributed by atoms with E-state index in [1.54, 1.807) is 0 Å². The molecule has 0 fully saturated rings. The highest BCUT2D eigenvalue weighted by molar-refractivity contribution is 5.82. The quantitative estimate of drug-likeness (QED) is 0.764. The van der Waals surface area contributed by atoms with Crippen LogP contribution in [-0.2, 0) is 20.1 Å². The highest BCUT2D eigenvalue weighted by atomic mass is 15.3. The third-order valence-corrected chi connectivity index (χ3v) is 3.95. The Morgan fingerprint density at radius 2 is 2.00 bits per heavy atom. The Bertz CT molecular complexity index is 736. The molecular weight excluding hydrogens is 248 g/mol. The fourth-order valence-corrected chi connectivity index (χ4v) is 2.67. The normalized spacial score (nSPS) is 11.3. The molecule has 0 saturated heterocycles. The Kier molecular flexibility index (Phi) is 3.32. The van der Waals surface area contributed by atoms with Crippen molar-refractivity contribution in [1.82, 2.24) is 20.1 Å². The first kappa shape index (κ1) is 12.9. The van der Waals surface area contributed by atoms with Gasteiger partial charge in [0.2, 0.25) is 0 Å². The van der Waals surface area contributed by atoms with Gasteiger partial charge >= 0.3 is 0 Å². The Morgan fingerprint density at radius 1 is 1.20 bits per heavy atom. The fraction of sp³-hybridized carbons (Fsp3) is 0.312. The van der Waals surface area contributed by atoms with Crippen molar-refractivity contribution in [2.24, 2.45) is 7.05 Å². The van der Waals surface area contributed by atoms with Crippen LogP contribution >= 0.6 is 0 Å². The molecule has 0 spiro atoms. The van der Waals surface area contributed by atoms with Crippen molar-refractivity contribution in [3.05, 3.63) is 53.0 Å². The molecule has 1 aromatic carbocycles. The molecule has 0 atom stereocenters. The van der Waals surface area contributed by atoms with Gasteiger partial charge in [0, 0.05) is 48.5 Å². The van der Waals surface area contributed by atoms with Gasteiger partial charge in [-0.2, -0.15) is 5.10 Å². The van der Waals surface area contributed by atoms with E-state index in [-0.39, 0.29) is 0 Å². The van der Waals surface area contributed by atoms with Gasteiger partial charge in [0.05, 0.1) is 5.69 Å². The van der Waals surface area contributed by atoms with Crippen LogP contribution in [0.2, 0.25) is 0 Å².